The molecule has 0 aromatic heterocycles. The van der Waals surface area contributed by atoms with Crippen LogP contribution in [0.5, 0.6) is 11.5 Å². The first-order chi connectivity index (χ1) is 10.1. The fourth-order valence-corrected chi connectivity index (χ4v) is 2.67. The zero-order valence-electron chi connectivity index (χ0n) is 12.9. The summed E-state index contributed by atoms with van der Waals surface area (Å²) in [6.07, 6.45) is 0. The lowest BCUT2D eigenvalue weighted by molar-refractivity contribution is -0.146. The molecule has 1 aliphatic heterocycles. The van der Waals surface area contributed by atoms with Crippen LogP contribution in [-0.4, -0.2) is 51.3 Å². The van der Waals surface area contributed by atoms with Crippen LogP contribution in [0.4, 0.5) is 0 Å². The van der Waals surface area contributed by atoms with Crippen molar-refractivity contribution in [1.82, 2.24) is 4.90 Å². The van der Waals surface area contributed by atoms with E-state index in [1.165, 1.54) is 7.11 Å². The molecule has 0 bridgehead atoms. The second-order valence-electron chi connectivity index (χ2n) is 5.39. The Balaban J connectivity index is 1.75. The summed E-state index contributed by atoms with van der Waals surface area (Å²) in [5.41, 5.74) is 0. The molecule has 0 amide bonds. The molecule has 0 aliphatic carbocycles. The minimum Gasteiger partial charge on any atom is -0.497 e. The Hall–Kier alpha value is -1.75. The van der Waals surface area contributed by atoms with Gasteiger partial charge >= 0.3 is 5.97 Å². The number of rotatable bonds is 6. The van der Waals surface area contributed by atoms with Crippen LogP contribution in [0.15, 0.2) is 24.3 Å². The highest BCUT2D eigenvalue weighted by Crippen LogP contribution is 2.24. The number of esters is 1. The number of methoxy groups -OCH3 is 2. The van der Waals surface area contributed by atoms with E-state index in [1.807, 2.05) is 24.3 Å². The molecule has 0 saturated carbocycles. The fourth-order valence-electron chi connectivity index (χ4n) is 2.67. The number of carbonyl (C=O) groups excluding carboxylic acids is 1. The van der Waals surface area contributed by atoms with E-state index in [9.17, 15) is 4.79 Å². The summed E-state index contributed by atoms with van der Waals surface area (Å²) < 4.78 is 15.7. The van der Waals surface area contributed by atoms with Gasteiger partial charge in [-0.05, 0) is 30.2 Å². The maximum atomic E-state index is 11.6. The molecule has 5 heteroatoms. The molecule has 5 nitrogen and oxygen atoms in total. The third-order valence-electron chi connectivity index (χ3n) is 3.93. The predicted molar refractivity (Wildman–Crippen MR) is 79.6 cm³/mol. The molecule has 1 aliphatic rings. The minimum absolute atomic E-state index is 0.0176. The van der Waals surface area contributed by atoms with Gasteiger partial charge in [-0.1, -0.05) is 6.92 Å². The first-order valence-corrected chi connectivity index (χ1v) is 7.21. The van der Waals surface area contributed by atoms with Crippen molar-refractivity contribution >= 4 is 5.97 Å². The Morgan fingerprint density at radius 3 is 2.48 bits per heavy atom. The molecule has 0 N–H and O–H groups in total. The van der Waals surface area contributed by atoms with Crippen LogP contribution in [0.1, 0.15) is 6.92 Å². The van der Waals surface area contributed by atoms with Crippen molar-refractivity contribution in [1.29, 1.82) is 0 Å². The first kappa shape index (κ1) is 15.6. The highest BCUT2D eigenvalue weighted by molar-refractivity contribution is 5.73. The number of likely N-dealkylation sites (tertiary alicyclic amines) is 1. The van der Waals surface area contributed by atoms with Crippen LogP contribution in [-0.2, 0) is 9.53 Å². The van der Waals surface area contributed by atoms with Gasteiger partial charge in [-0.3, -0.25) is 9.69 Å². The van der Waals surface area contributed by atoms with Gasteiger partial charge in [0.1, 0.15) is 18.1 Å². The van der Waals surface area contributed by atoms with Crippen molar-refractivity contribution in [3.05, 3.63) is 24.3 Å². The van der Waals surface area contributed by atoms with Crippen molar-refractivity contribution in [3.8, 4) is 11.5 Å². The number of hydrogen-bond donors (Lipinski definition) is 0. The molecule has 0 radical (unpaired) electrons. The minimum atomic E-state index is -0.110. The van der Waals surface area contributed by atoms with Gasteiger partial charge in [0.2, 0.25) is 0 Å². The Morgan fingerprint density at radius 1 is 1.19 bits per heavy atom. The Labute approximate surface area is 125 Å². The van der Waals surface area contributed by atoms with Gasteiger partial charge in [-0.2, -0.15) is 0 Å². The van der Waals surface area contributed by atoms with Crippen LogP contribution in [0.3, 0.4) is 0 Å². The quantitative estimate of drug-likeness (QED) is 0.749. The molecule has 1 aromatic carbocycles. The molecule has 1 fully saturated rings. The monoisotopic (exact) mass is 293 g/mol. The summed E-state index contributed by atoms with van der Waals surface area (Å²) in [7, 11) is 3.09. The average molecular weight is 293 g/mol. The smallest absolute Gasteiger partial charge is 0.310 e. The number of hydrogen-bond acceptors (Lipinski definition) is 5. The van der Waals surface area contributed by atoms with Crippen LogP contribution in [0.2, 0.25) is 0 Å². The van der Waals surface area contributed by atoms with Crippen molar-refractivity contribution in [2.75, 3.05) is 40.5 Å². The second-order valence-corrected chi connectivity index (χ2v) is 5.39. The lowest BCUT2D eigenvalue weighted by Crippen LogP contribution is -2.28. The molecule has 1 aromatic rings. The Kier molecular flexibility index (Phi) is 5.44. The molecule has 2 atom stereocenters. The van der Waals surface area contributed by atoms with Gasteiger partial charge in [0, 0.05) is 19.6 Å². The van der Waals surface area contributed by atoms with Crippen molar-refractivity contribution in [2.24, 2.45) is 11.8 Å². The number of benzene rings is 1. The van der Waals surface area contributed by atoms with E-state index < -0.39 is 0 Å². The van der Waals surface area contributed by atoms with Crippen LogP contribution >= 0.6 is 0 Å². The maximum Gasteiger partial charge on any atom is 0.310 e. The van der Waals surface area contributed by atoms with Gasteiger partial charge in [0.05, 0.1) is 20.1 Å². The maximum absolute atomic E-state index is 11.6. The molecular weight excluding hydrogens is 270 g/mol. The van der Waals surface area contributed by atoms with Crippen molar-refractivity contribution < 1.29 is 19.0 Å². The van der Waals surface area contributed by atoms with Crippen LogP contribution in [0.25, 0.3) is 0 Å². The molecule has 21 heavy (non-hydrogen) atoms. The summed E-state index contributed by atoms with van der Waals surface area (Å²) >= 11 is 0. The third-order valence-corrected chi connectivity index (χ3v) is 3.93. The highest BCUT2D eigenvalue weighted by atomic mass is 16.5. The largest absolute Gasteiger partial charge is 0.497 e. The molecule has 2 unspecified atom stereocenters. The van der Waals surface area contributed by atoms with E-state index in [-0.39, 0.29) is 11.9 Å². The topological polar surface area (TPSA) is 48.0 Å². The lowest BCUT2D eigenvalue weighted by Gasteiger charge is -2.16. The third kappa shape index (κ3) is 4.11. The molecule has 1 saturated heterocycles. The predicted octanol–water partition coefficient (Wildman–Crippen LogP) is 1.81. The van der Waals surface area contributed by atoms with Crippen LogP contribution in [0, 0.1) is 11.8 Å². The number of ether oxygens (including phenoxy) is 3. The zero-order chi connectivity index (χ0) is 15.2. The van der Waals surface area contributed by atoms with Gasteiger partial charge in [-0.25, -0.2) is 0 Å². The average Bonchev–Trinajstić information content (AvgIpc) is 2.88. The molecule has 0 spiro atoms. The van der Waals surface area contributed by atoms with Gasteiger partial charge in [0.15, 0.2) is 0 Å². The molecule has 1 heterocycles. The van der Waals surface area contributed by atoms with Gasteiger partial charge in [-0.15, -0.1) is 0 Å². The fraction of sp³-hybridized carbons (Fsp3) is 0.562. The highest BCUT2D eigenvalue weighted by Gasteiger charge is 2.35. The zero-order valence-corrected chi connectivity index (χ0v) is 12.9. The van der Waals surface area contributed by atoms with E-state index in [0.29, 0.717) is 12.5 Å². The molecular formula is C16H23NO4. The summed E-state index contributed by atoms with van der Waals surface area (Å²) in [5, 5.41) is 0. The first-order valence-electron chi connectivity index (χ1n) is 7.21. The van der Waals surface area contributed by atoms with Gasteiger partial charge in [0.25, 0.3) is 0 Å². The number of carbonyl (C=O) groups is 1. The Bertz CT molecular complexity index is 460. The van der Waals surface area contributed by atoms with E-state index in [4.69, 9.17) is 14.2 Å². The SMILES string of the molecule is COC(=O)C1CN(CCOc2ccc(OC)cc2)CC1C. The van der Waals surface area contributed by atoms with Gasteiger partial charge < -0.3 is 14.2 Å². The normalized spacial score (nSPS) is 22.0. The van der Waals surface area contributed by atoms with E-state index in [2.05, 4.69) is 11.8 Å². The standard InChI is InChI=1S/C16H23NO4/c1-12-10-17(11-15(12)16(18)20-3)8-9-21-14-6-4-13(19-2)5-7-14/h4-7,12,15H,8-11H2,1-3H3. The second kappa shape index (κ2) is 7.31. The lowest BCUT2D eigenvalue weighted by atomic mass is 9.99. The van der Waals surface area contributed by atoms with Crippen LogP contribution < -0.4 is 9.47 Å². The summed E-state index contributed by atoms with van der Waals surface area (Å²) in [5.74, 6) is 1.85. The van der Waals surface area contributed by atoms with Crippen molar-refractivity contribution in [2.45, 2.75) is 6.92 Å². The van der Waals surface area contributed by atoms with E-state index >= 15 is 0 Å². The van der Waals surface area contributed by atoms with E-state index in [1.54, 1.807) is 7.11 Å². The number of nitrogens with zero attached hydrogens (tertiary/aromatic N) is 1. The summed E-state index contributed by atoms with van der Waals surface area (Å²) in [6, 6.07) is 7.53. The molecule has 116 valence electrons. The molecule has 2 rings (SSSR count). The Morgan fingerprint density at radius 2 is 1.86 bits per heavy atom. The van der Waals surface area contributed by atoms with E-state index in [0.717, 1.165) is 31.1 Å². The summed E-state index contributed by atoms with van der Waals surface area (Å²) in [6.45, 7) is 5.16. The van der Waals surface area contributed by atoms with Crippen molar-refractivity contribution in [3.63, 3.8) is 0 Å². The summed E-state index contributed by atoms with van der Waals surface area (Å²) in [4.78, 5) is 13.9.